The molecule has 1 aromatic carbocycles. The Morgan fingerprint density at radius 1 is 1.29 bits per heavy atom. The maximum atomic E-state index is 5.93. The molecular weight excluding hydrogens is 260 g/mol. The highest BCUT2D eigenvalue weighted by molar-refractivity contribution is 5.84. The van der Waals surface area contributed by atoms with Crippen LogP contribution in [-0.2, 0) is 6.54 Å². The summed E-state index contributed by atoms with van der Waals surface area (Å²) in [5.74, 6) is 1.71. The van der Waals surface area contributed by atoms with E-state index in [9.17, 15) is 0 Å². The molecular formula is C17H24N4. The second-order valence-corrected chi connectivity index (χ2v) is 6.27. The molecule has 0 aliphatic carbocycles. The molecule has 1 aliphatic heterocycles. The molecule has 2 unspecified atom stereocenters. The number of anilines is 1. The number of benzene rings is 1. The average molecular weight is 284 g/mol. The lowest BCUT2D eigenvalue weighted by molar-refractivity contribution is 0.266. The fraction of sp³-hybridized carbons (Fsp3) is 0.471. The van der Waals surface area contributed by atoms with E-state index in [1.165, 1.54) is 10.9 Å². The molecule has 0 spiro atoms. The quantitative estimate of drug-likeness (QED) is 0.937. The summed E-state index contributed by atoms with van der Waals surface area (Å²) in [7, 11) is 4.31. The molecule has 2 N–H and O–H groups in total. The van der Waals surface area contributed by atoms with Gasteiger partial charge in [0, 0.05) is 31.1 Å². The Hall–Kier alpha value is -1.65. The van der Waals surface area contributed by atoms with E-state index in [4.69, 9.17) is 10.7 Å². The topological polar surface area (TPSA) is 45.4 Å². The summed E-state index contributed by atoms with van der Waals surface area (Å²) in [5.41, 5.74) is 8.15. The van der Waals surface area contributed by atoms with Gasteiger partial charge in [0.15, 0.2) is 0 Å². The van der Waals surface area contributed by atoms with Gasteiger partial charge in [-0.3, -0.25) is 0 Å². The van der Waals surface area contributed by atoms with Crippen molar-refractivity contribution in [2.24, 2.45) is 11.7 Å². The predicted octanol–water partition coefficient (Wildman–Crippen LogP) is 2.08. The monoisotopic (exact) mass is 284 g/mol. The van der Waals surface area contributed by atoms with E-state index < -0.39 is 0 Å². The number of para-hydroxylation sites is 1. The van der Waals surface area contributed by atoms with Gasteiger partial charge in [0.25, 0.3) is 0 Å². The Kier molecular flexibility index (Phi) is 3.83. The maximum absolute atomic E-state index is 5.93. The van der Waals surface area contributed by atoms with Crippen molar-refractivity contribution >= 4 is 16.7 Å². The molecule has 2 heterocycles. The minimum Gasteiger partial charge on any atom is -0.355 e. The molecule has 0 amide bonds. The lowest BCUT2D eigenvalue weighted by atomic mass is 10.1. The van der Waals surface area contributed by atoms with Crippen LogP contribution >= 0.6 is 0 Å². The van der Waals surface area contributed by atoms with E-state index in [0.29, 0.717) is 18.5 Å². The smallest absolute Gasteiger partial charge is 0.129 e. The number of fused-ring (bicyclic) bond motifs is 1. The molecule has 1 aromatic heterocycles. The number of aromatic nitrogens is 1. The van der Waals surface area contributed by atoms with Gasteiger partial charge in [-0.2, -0.15) is 0 Å². The molecule has 3 rings (SSSR count). The Morgan fingerprint density at radius 3 is 2.71 bits per heavy atom. The second-order valence-electron chi connectivity index (χ2n) is 6.27. The van der Waals surface area contributed by atoms with Gasteiger partial charge in [-0.15, -0.1) is 0 Å². The number of nitrogens with zero attached hydrogens (tertiary/aromatic N) is 3. The third-order valence-corrected chi connectivity index (χ3v) is 4.57. The largest absolute Gasteiger partial charge is 0.355 e. The van der Waals surface area contributed by atoms with E-state index >= 15 is 0 Å². The first-order chi connectivity index (χ1) is 10.1. The van der Waals surface area contributed by atoms with E-state index in [0.717, 1.165) is 24.4 Å². The van der Waals surface area contributed by atoms with Crippen LogP contribution in [-0.4, -0.2) is 43.1 Å². The van der Waals surface area contributed by atoms with Gasteiger partial charge in [-0.25, -0.2) is 4.98 Å². The van der Waals surface area contributed by atoms with Crippen molar-refractivity contribution in [1.29, 1.82) is 0 Å². The molecule has 2 atom stereocenters. The van der Waals surface area contributed by atoms with Gasteiger partial charge in [-0.05, 0) is 37.7 Å². The summed E-state index contributed by atoms with van der Waals surface area (Å²) in [6.07, 6.45) is 0. The Labute approximate surface area is 126 Å². The molecule has 1 aliphatic rings. The van der Waals surface area contributed by atoms with Crippen LogP contribution in [0.5, 0.6) is 0 Å². The van der Waals surface area contributed by atoms with Gasteiger partial charge >= 0.3 is 0 Å². The Balaban J connectivity index is 1.98. The van der Waals surface area contributed by atoms with Crippen LogP contribution in [0.25, 0.3) is 10.9 Å². The molecule has 2 aromatic rings. The SMILES string of the molecule is CC1CN(c2cc(CN)c3ccccc3n2)CC1N(C)C. The normalized spacial score (nSPS) is 22.4. The summed E-state index contributed by atoms with van der Waals surface area (Å²) in [4.78, 5) is 9.55. The Morgan fingerprint density at radius 2 is 2.05 bits per heavy atom. The first kappa shape index (κ1) is 14.3. The van der Waals surface area contributed by atoms with Crippen LogP contribution in [0.3, 0.4) is 0 Å². The number of nitrogens with two attached hydrogens (primary N) is 1. The van der Waals surface area contributed by atoms with Gasteiger partial charge in [0.05, 0.1) is 5.52 Å². The van der Waals surface area contributed by atoms with E-state index in [1.54, 1.807) is 0 Å². The molecule has 4 heteroatoms. The Bertz CT molecular complexity index is 638. The fourth-order valence-electron chi connectivity index (χ4n) is 3.37. The number of hydrogen-bond donors (Lipinski definition) is 1. The zero-order valence-corrected chi connectivity index (χ0v) is 13.1. The number of rotatable bonds is 3. The van der Waals surface area contributed by atoms with Gasteiger partial charge < -0.3 is 15.5 Å². The van der Waals surface area contributed by atoms with Crippen LogP contribution in [0.1, 0.15) is 12.5 Å². The third kappa shape index (κ3) is 2.61. The standard InChI is InChI=1S/C17H24N4/c1-12-10-21(11-16(12)20(2)3)17-8-13(9-18)14-6-4-5-7-15(14)19-17/h4-8,12,16H,9-11,18H2,1-3H3. The van der Waals surface area contributed by atoms with Gasteiger partial charge in [0.2, 0.25) is 0 Å². The molecule has 0 radical (unpaired) electrons. The van der Waals surface area contributed by atoms with E-state index in [1.807, 2.05) is 12.1 Å². The van der Waals surface area contributed by atoms with Crippen molar-refractivity contribution in [1.82, 2.24) is 9.88 Å². The molecule has 1 fully saturated rings. The first-order valence-electron chi connectivity index (χ1n) is 7.60. The van der Waals surface area contributed by atoms with Crippen molar-refractivity contribution in [3.8, 4) is 0 Å². The first-order valence-corrected chi connectivity index (χ1v) is 7.60. The number of likely N-dealkylation sites (N-methyl/N-ethyl adjacent to an activating group) is 1. The van der Waals surface area contributed by atoms with Crippen molar-refractivity contribution in [3.05, 3.63) is 35.9 Å². The zero-order chi connectivity index (χ0) is 15.0. The van der Waals surface area contributed by atoms with Crippen LogP contribution in [0.2, 0.25) is 0 Å². The van der Waals surface area contributed by atoms with Gasteiger partial charge in [-0.1, -0.05) is 25.1 Å². The average Bonchev–Trinajstić information content (AvgIpc) is 2.88. The van der Waals surface area contributed by atoms with E-state index in [-0.39, 0.29) is 0 Å². The minimum absolute atomic E-state index is 0.552. The lowest BCUT2D eigenvalue weighted by Gasteiger charge is -2.23. The van der Waals surface area contributed by atoms with Crippen LogP contribution in [0.4, 0.5) is 5.82 Å². The van der Waals surface area contributed by atoms with Crippen LogP contribution in [0.15, 0.2) is 30.3 Å². The predicted molar refractivity (Wildman–Crippen MR) is 88.5 cm³/mol. The minimum atomic E-state index is 0.552. The highest BCUT2D eigenvalue weighted by atomic mass is 15.3. The van der Waals surface area contributed by atoms with Crippen molar-refractivity contribution in [2.75, 3.05) is 32.1 Å². The van der Waals surface area contributed by atoms with Crippen molar-refractivity contribution in [3.63, 3.8) is 0 Å². The van der Waals surface area contributed by atoms with Crippen LogP contribution < -0.4 is 10.6 Å². The van der Waals surface area contributed by atoms with E-state index in [2.05, 4.69) is 49.0 Å². The van der Waals surface area contributed by atoms with Crippen molar-refractivity contribution < 1.29 is 0 Å². The molecule has 0 saturated carbocycles. The molecule has 21 heavy (non-hydrogen) atoms. The summed E-state index contributed by atoms with van der Waals surface area (Å²) >= 11 is 0. The molecule has 4 nitrogen and oxygen atoms in total. The zero-order valence-electron chi connectivity index (χ0n) is 13.1. The van der Waals surface area contributed by atoms with Crippen LogP contribution in [0, 0.1) is 5.92 Å². The summed E-state index contributed by atoms with van der Waals surface area (Å²) in [6, 6.07) is 11.0. The highest BCUT2D eigenvalue weighted by Crippen LogP contribution is 2.28. The number of hydrogen-bond acceptors (Lipinski definition) is 4. The van der Waals surface area contributed by atoms with Gasteiger partial charge in [0.1, 0.15) is 5.82 Å². The maximum Gasteiger partial charge on any atom is 0.129 e. The molecule has 0 bridgehead atoms. The summed E-state index contributed by atoms with van der Waals surface area (Å²) < 4.78 is 0. The molecule has 112 valence electrons. The second kappa shape index (κ2) is 5.62. The van der Waals surface area contributed by atoms with Crippen molar-refractivity contribution in [2.45, 2.75) is 19.5 Å². The summed E-state index contributed by atoms with van der Waals surface area (Å²) in [5, 5.41) is 1.17. The number of pyridine rings is 1. The molecule has 1 saturated heterocycles. The third-order valence-electron chi connectivity index (χ3n) is 4.57. The lowest BCUT2D eigenvalue weighted by Crippen LogP contribution is -2.34. The summed E-state index contributed by atoms with van der Waals surface area (Å²) in [6.45, 7) is 4.95. The fourth-order valence-corrected chi connectivity index (χ4v) is 3.37. The highest BCUT2D eigenvalue weighted by Gasteiger charge is 2.31.